The topological polar surface area (TPSA) is 16.1 Å². The number of anilines is 1. The standard InChI is InChI=1S/C14H14N2/c1-2-4-12-11(3-1)9-13-14(15-12)10-5-7-16(13)8-6-10/h1-4,9-10H,5-8H2. The van der Waals surface area contributed by atoms with Gasteiger partial charge >= 0.3 is 0 Å². The van der Waals surface area contributed by atoms with Gasteiger partial charge in [0.2, 0.25) is 0 Å². The Hall–Kier alpha value is -1.57. The Morgan fingerprint density at radius 1 is 1.12 bits per heavy atom. The van der Waals surface area contributed by atoms with Crippen LogP contribution >= 0.6 is 0 Å². The van der Waals surface area contributed by atoms with Gasteiger partial charge in [-0.05, 0) is 25.0 Å². The number of aromatic nitrogens is 1. The first-order chi connectivity index (χ1) is 7.92. The molecule has 1 saturated heterocycles. The monoisotopic (exact) mass is 210 g/mol. The van der Waals surface area contributed by atoms with Crippen LogP contribution < -0.4 is 4.90 Å². The molecule has 1 aromatic heterocycles. The minimum absolute atomic E-state index is 0.713. The second-order valence-electron chi connectivity index (χ2n) is 4.85. The molecule has 0 amide bonds. The van der Waals surface area contributed by atoms with E-state index >= 15 is 0 Å². The lowest BCUT2D eigenvalue weighted by atomic mass is 9.86. The van der Waals surface area contributed by atoms with Gasteiger partial charge in [0, 0.05) is 24.4 Å². The summed E-state index contributed by atoms with van der Waals surface area (Å²) in [5.74, 6) is 0.713. The Labute approximate surface area is 94.9 Å². The predicted octanol–water partition coefficient (Wildman–Crippen LogP) is 2.93. The fourth-order valence-electron chi connectivity index (χ4n) is 3.07. The lowest BCUT2D eigenvalue weighted by Crippen LogP contribution is -2.39. The molecule has 16 heavy (non-hydrogen) atoms. The first kappa shape index (κ1) is 8.57. The summed E-state index contributed by atoms with van der Waals surface area (Å²) in [4.78, 5) is 7.35. The van der Waals surface area contributed by atoms with E-state index in [9.17, 15) is 0 Å². The summed E-state index contributed by atoms with van der Waals surface area (Å²) in [5.41, 5.74) is 3.88. The molecule has 2 bridgehead atoms. The molecule has 1 aromatic carbocycles. The molecule has 0 aliphatic carbocycles. The number of para-hydroxylation sites is 1. The smallest absolute Gasteiger partial charge is 0.0707 e. The zero-order chi connectivity index (χ0) is 10.5. The van der Waals surface area contributed by atoms with E-state index in [1.54, 1.807) is 0 Å². The number of rotatable bonds is 0. The molecular formula is C14H14N2. The molecule has 2 heteroatoms. The molecule has 0 spiro atoms. The van der Waals surface area contributed by atoms with Crippen molar-refractivity contribution in [2.45, 2.75) is 18.8 Å². The Morgan fingerprint density at radius 3 is 2.81 bits per heavy atom. The van der Waals surface area contributed by atoms with Gasteiger partial charge in [0.15, 0.2) is 0 Å². The van der Waals surface area contributed by atoms with Crippen molar-refractivity contribution >= 4 is 16.6 Å². The van der Waals surface area contributed by atoms with E-state index in [1.165, 1.54) is 42.7 Å². The molecule has 0 N–H and O–H groups in total. The lowest BCUT2D eigenvalue weighted by molar-refractivity contribution is 0.465. The van der Waals surface area contributed by atoms with Crippen LogP contribution in [0.5, 0.6) is 0 Å². The second-order valence-corrected chi connectivity index (χ2v) is 4.85. The summed E-state index contributed by atoms with van der Waals surface area (Å²) in [6.07, 6.45) is 2.58. The molecule has 1 fully saturated rings. The van der Waals surface area contributed by atoms with Crippen molar-refractivity contribution in [3.05, 3.63) is 36.0 Å². The fourth-order valence-corrected chi connectivity index (χ4v) is 3.07. The first-order valence-corrected chi connectivity index (χ1v) is 6.06. The highest BCUT2D eigenvalue weighted by molar-refractivity contribution is 5.83. The third kappa shape index (κ3) is 1.04. The van der Waals surface area contributed by atoms with Gasteiger partial charge in [-0.3, -0.25) is 4.98 Å². The quantitative estimate of drug-likeness (QED) is 0.664. The van der Waals surface area contributed by atoms with Crippen LogP contribution in [0.3, 0.4) is 0 Å². The van der Waals surface area contributed by atoms with E-state index in [0.717, 1.165) is 5.52 Å². The van der Waals surface area contributed by atoms with Gasteiger partial charge in [-0.2, -0.15) is 0 Å². The SMILES string of the molecule is c1ccc2nc3c(cc2c1)N1CCC3CC1. The van der Waals surface area contributed by atoms with Crippen molar-refractivity contribution in [1.29, 1.82) is 0 Å². The Morgan fingerprint density at radius 2 is 1.94 bits per heavy atom. The van der Waals surface area contributed by atoms with Gasteiger partial charge in [-0.1, -0.05) is 18.2 Å². The molecule has 0 radical (unpaired) electrons. The van der Waals surface area contributed by atoms with Crippen LogP contribution in [-0.2, 0) is 0 Å². The molecular weight excluding hydrogens is 196 g/mol. The van der Waals surface area contributed by atoms with Crippen molar-refractivity contribution in [2.24, 2.45) is 0 Å². The van der Waals surface area contributed by atoms with Crippen molar-refractivity contribution in [3.8, 4) is 0 Å². The highest BCUT2D eigenvalue weighted by Crippen LogP contribution is 2.41. The van der Waals surface area contributed by atoms with Gasteiger partial charge in [0.25, 0.3) is 0 Å². The molecule has 2 nitrogen and oxygen atoms in total. The zero-order valence-corrected chi connectivity index (χ0v) is 9.19. The Balaban J connectivity index is 2.03. The van der Waals surface area contributed by atoms with Crippen LogP contribution in [0.25, 0.3) is 10.9 Å². The molecule has 4 heterocycles. The summed E-state index contributed by atoms with van der Waals surface area (Å²) in [6, 6.07) is 10.8. The third-order valence-corrected chi connectivity index (χ3v) is 3.95. The molecule has 80 valence electrons. The number of hydrogen-bond acceptors (Lipinski definition) is 2. The van der Waals surface area contributed by atoms with Crippen molar-refractivity contribution in [2.75, 3.05) is 18.0 Å². The summed E-state index contributed by atoms with van der Waals surface area (Å²) in [5, 5.41) is 1.27. The Bertz CT molecular complexity index is 503. The van der Waals surface area contributed by atoms with E-state index in [-0.39, 0.29) is 0 Å². The van der Waals surface area contributed by atoms with E-state index in [1.807, 2.05) is 0 Å². The van der Waals surface area contributed by atoms with E-state index in [2.05, 4.69) is 35.2 Å². The largest absolute Gasteiger partial charge is 0.370 e. The van der Waals surface area contributed by atoms with Crippen LogP contribution in [0, 0.1) is 0 Å². The second kappa shape index (κ2) is 2.97. The molecule has 0 unspecified atom stereocenters. The van der Waals surface area contributed by atoms with Gasteiger partial charge < -0.3 is 4.90 Å². The van der Waals surface area contributed by atoms with Gasteiger partial charge in [-0.15, -0.1) is 0 Å². The molecule has 2 aromatic rings. The van der Waals surface area contributed by atoms with Crippen LogP contribution in [0.1, 0.15) is 24.5 Å². The van der Waals surface area contributed by atoms with Crippen LogP contribution in [0.4, 0.5) is 5.69 Å². The minimum atomic E-state index is 0.713. The maximum absolute atomic E-state index is 4.86. The number of hydrogen-bond donors (Lipinski definition) is 0. The summed E-state index contributed by atoms with van der Waals surface area (Å²) in [6.45, 7) is 2.44. The van der Waals surface area contributed by atoms with Crippen molar-refractivity contribution in [3.63, 3.8) is 0 Å². The van der Waals surface area contributed by atoms with E-state index in [4.69, 9.17) is 4.98 Å². The van der Waals surface area contributed by atoms with Crippen LogP contribution in [0.15, 0.2) is 30.3 Å². The predicted molar refractivity (Wildman–Crippen MR) is 65.9 cm³/mol. The van der Waals surface area contributed by atoms with E-state index in [0.29, 0.717) is 5.92 Å². The summed E-state index contributed by atoms with van der Waals surface area (Å²) < 4.78 is 0. The van der Waals surface area contributed by atoms with Gasteiger partial charge in [0.05, 0.1) is 16.9 Å². The molecule has 3 aliphatic rings. The maximum Gasteiger partial charge on any atom is 0.0707 e. The van der Waals surface area contributed by atoms with Gasteiger partial charge in [-0.25, -0.2) is 0 Å². The average Bonchev–Trinajstić information content (AvgIpc) is 2.38. The van der Waals surface area contributed by atoms with Crippen LogP contribution in [0.2, 0.25) is 0 Å². The number of piperidine rings is 1. The molecule has 5 rings (SSSR count). The lowest BCUT2D eigenvalue weighted by Gasteiger charge is -2.41. The Kier molecular flexibility index (Phi) is 1.59. The highest BCUT2D eigenvalue weighted by atomic mass is 15.2. The first-order valence-electron chi connectivity index (χ1n) is 6.06. The number of pyridine rings is 1. The number of fused-ring (bicyclic) bond motifs is 3. The fraction of sp³-hybridized carbons (Fsp3) is 0.357. The maximum atomic E-state index is 4.86. The summed E-state index contributed by atoms with van der Waals surface area (Å²) >= 11 is 0. The number of benzene rings is 1. The zero-order valence-electron chi connectivity index (χ0n) is 9.19. The average molecular weight is 210 g/mol. The molecule has 3 aliphatic heterocycles. The van der Waals surface area contributed by atoms with Gasteiger partial charge in [0.1, 0.15) is 0 Å². The van der Waals surface area contributed by atoms with Crippen molar-refractivity contribution in [1.82, 2.24) is 4.98 Å². The molecule has 0 atom stereocenters. The third-order valence-electron chi connectivity index (χ3n) is 3.95. The van der Waals surface area contributed by atoms with Crippen LogP contribution in [-0.4, -0.2) is 18.1 Å². The van der Waals surface area contributed by atoms with Crippen molar-refractivity contribution < 1.29 is 0 Å². The minimum Gasteiger partial charge on any atom is -0.370 e. The number of nitrogens with zero attached hydrogens (tertiary/aromatic N) is 2. The summed E-state index contributed by atoms with van der Waals surface area (Å²) in [7, 11) is 0. The highest BCUT2D eigenvalue weighted by Gasteiger charge is 2.31. The molecule has 0 saturated carbocycles. The normalized spacial score (nSPS) is 19.1. The van der Waals surface area contributed by atoms with E-state index < -0.39 is 0 Å².